The van der Waals surface area contributed by atoms with E-state index in [9.17, 15) is 9.90 Å². The molecule has 3 N–H and O–H groups in total. The number of rotatable bonds is 7. The van der Waals surface area contributed by atoms with Crippen LogP contribution in [0.5, 0.6) is 0 Å². The summed E-state index contributed by atoms with van der Waals surface area (Å²) in [5, 5.41) is 28.4. The minimum atomic E-state index is -0.685. The van der Waals surface area contributed by atoms with E-state index in [1.807, 2.05) is 23.1 Å². The van der Waals surface area contributed by atoms with Crippen LogP contribution in [0.25, 0.3) is 0 Å². The van der Waals surface area contributed by atoms with Gasteiger partial charge in [-0.15, -0.1) is 0 Å². The standard InChI is InChI=1S/C16H24N2O4/c1-12(21)18-5-4-13-10-14(2-3-15(13)18)16(22)11-17(6-8-19)7-9-20/h2-3,10,16,19-20,22H,4-9,11H2,1H3. The number of hydrogen-bond acceptors (Lipinski definition) is 5. The Hall–Kier alpha value is -1.47. The van der Waals surface area contributed by atoms with Crippen molar-refractivity contribution in [2.24, 2.45) is 0 Å². The monoisotopic (exact) mass is 308 g/mol. The maximum absolute atomic E-state index is 11.5. The van der Waals surface area contributed by atoms with Gasteiger partial charge in [-0.05, 0) is 23.6 Å². The molecule has 1 aromatic rings. The molecule has 0 spiro atoms. The molecule has 0 bridgehead atoms. The lowest BCUT2D eigenvalue weighted by molar-refractivity contribution is -0.116. The zero-order chi connectivity index (χ0) is 16.1. The Morgan fingerprint density at radius 2 is 2.00 bits per heavy atom. The molecule has 6 nitrogen and oxygen atoms in total. The van der Waals surface area contributed by atoms with E-state index in [0.717, 1.165) is 23.2 Å². The highest BCUT2D eigenvalue weighted by atomic mass is 16.3. The number of aliphatic hydroxyl groups is 3. The third kappa shape index (κ3) is 3.84. The molecule has 0 saturated carbocycles. The van der Waals surface area contributed by atoms with Crippen LogP contribution in [-0.4, -0.2) is 65.5 Å². The van der Waals surface area contributed by atoms with Gasteiger partial charge in [-0.1, -0.05) is 12.1 Å². The molecule has 1 atom stereocenters. The van der Waals surface area contributed by atoms with E-state index in [2.05, 4.69) is 0 Å². The number of hydrogen-bond donors (Lipinski definition) is 3. The summed E-state index contributed by atoms with van der Waals surface area (Å²) in [6.07, 6.45) is 0.113. The molecule has 0 fully saturated rings. The summed E-state index contributed by atoms with van der Waals surface area (Å²) in [7, 11) is 0. The number of nitrogens with zero attached hydrogens (tertiary/aromatic N) is 2. The van der Waals surface area contributed by atoms with Crippen LogP contribution in [0.2, 0.25) is 0 Å². The third-order valence-corrected chi connectivity index (χ3v) is 4.03. The molecule has 1 aliphatic rings. The highest BCUT2D eigenvalue weighted by Gasteiger charge is 2.23. The molecule has 1 amide bonds. The van der Waals surface area contributed by atoms with Crippen molar-refractivity contribution in [3.05, 3.63) is 29.3 Å². The van der Waals surface area contributed by atoms with Crippen LogP contribution in [0.15, 0.2) is 18.2 Å². The van der Waals surface area contributed by atoms with Crippen LogP contribution in [0.4, 0.5) is 5.69 Å². The predicted octanol–water partition coefficient (Wildman–Crippen LogP) is -0.0844. The zero-order valence-corrected chi connectivity index (χ0v) is 12.9. The van der Waals surface area contributed by atoms with Crippen molar-refractivity contribution in [2.75, 3.05) is 44.3 Å². The molecular formula is C16H24N2O4. The number of carbonyl (C=O) groups excluding carboxylic acids is 1. The fourth-order valence-electron chi connectivity index (χ4n) is 2.88. The van der Waals surface area contributed by atoms with E-state index >= 15 is 0 Å². The second kappa shape index (κ2) is 7.69. The van der Waals surface area contributed by atoms with E-state index in [1.54, 1.807) is 11.8 Å². The molecule has 2 rings (SSSR count). The summed E-state index contributed by atoms with van der Waals surface area (Å²) < 4.78 is 0. The average molecular weight is 308 g/mol. The van der Waals surface area contributed by atoms with Gasteiger partial charge in [0, 0.05) is 38.8 Å². The lowest BCUT2D eigenvalue weighted by atomic mass is 10.0. The largest absolute Gasteiger partial charge is 0.395 e. The second-order valence-electron chi connectivity index (χ2n) is 5.57. The first-order valence-corrected chi connectivity index (χ1v) is 7.60. The third-order valence-electron chi connectivity index (χ3n) is 4.03. The van der Waals surface area contributed by atoms with Crippen LogP contribution < -0.4 is 4.90 Å². The highest BCUT2D eigenvalue weighted by molar-refractivity contribution is 5.93. The Morgan fingerprint density at radius 3 is 2.59 bits per heavy atom. The summed E-state index contributed by atoms with van der Waals surface area (Å²) >= 11 is 0. The van der Waals surface area contributed by atoms with Crippen molar-refractivity contribution in [3.63, 3.8) is 0 Å². The van der Waals surface area contributed by atoms with E-state index in [1.165, 1.54) is 0 Å². The molecule has 22 heavy (non-hydrogen) atoms. The van der Waals surface area contributed by atoms with E-state index < -0.39 is 6.10 Å². The maximum Gasteiger partial charge on any atom is 0.223 e. The van der Waals surface area contributed by atoms with Gasteiger partial charge in [0.25, 0.3) is 0 Å². The summed E-state index contributed by atoms with van der Waals surface area (Å²) in [6, 6.07) is 5.66. The summed E-state index contributed by atoms with van der Waals surface area (Å²) in [4.78, 5) is 15.1. The Balaban J connectivity index is 2.08. The van der Waals surface area contributed by atoms with Crippen molar-refractivity contribution in [1.82, 2.24) is 4.90 Å². The molecule has 1 aromatic carbocycles. The van der Waals surface area contributed by atoms with Crippen molar-refractivity contribution < 1.29 is 20.1 Å². The first kappa shape index (κ1) is 16.9. The van der Waals surface area contributed by atoms with Gasteiger partial charge in [-0.25, -0.2) is 0 Å². The van der Waals surface area contributed by atoms with Crippen molar-refractivity contribution >= 4 is 11.6 Å². The summed E-state index contributed by atoms with van der Waals surface area (Å²) in [5.74, 6) is 0.0316. The van der Waals surface area contributed by atoms with Crippen LogP contribution in [0, 0.1) is 0 Å². The lowest BCUT2D eigenvalue weighted by Gasteiger charge is -2.24. The number of fused-ring (bicyclic) bond motifs is 1. The molecular weight excluding hydrogens is 284 g/mol. The number of amides is 1. The van der Waals surface area contributed by atoms with Gasteiger partial charge in [0.05, 0.1) is 19.3 Å². The topological polar surface area (TPSA) is 84.2 Å². The fourth-order valence-corrected chi connectivity index (χ4v) is 2.88. The smallest absolute Gasteiger partial charge is 0.223 e. The van der Waals surface area contributed by atoms with Gasteiger partial charge in [-0.3, -0.25) is 9.69 Å². The van der Waals surface area contributed by atoms with Crippen LogP contribution in [-0.2, 0) is 11.2 Å². The predicted molar refractivity (Wildman–Crippen MR) is 83.7 cm³/mol. The molecule has 0 saturated heterocycles. The van der Waals surface area contributed by atoms with Gasteiger partial charge in [0.1, 0.15) is 0 Å². The first-order chi connectivity index (χ1) is 10.6. The summed E-state index contributed by atoms with van der Waals surface area (Å²) in [5.41, 5.74) is 2.79. The van der Waals surface area contributed by atoms with Gasteiger partial charge in [0.2, 0.25) is 5.91 Å². The molecule has 1 unspecified atom stereocenters. The van der Waals surface area contributed by atoms with Crippen LogP contribution in [0.3, 0.4) is 0 Å². The average Bonchev–Trinajstić information content (AvgIpc) is 2.90. The normalized spacial score (nSPS) is 15.2. The van der Waals surface area contributed by atoms with Crippen molar-refractivity contribution in [1.29, 1.82) is 0 Å². The minimum absolute atomic E-state index is 0.00945. The Kier molecular flexibility index (Phi) is 5.90. The second-order valence-corrected chi connectivity index (χ2v) is 5.57. The van der Waals surface area contributed by atoms with Crippen LogP contribution >= 0.6 is 0 Å². The van der Waals surface area contributed by atoms with E-state index in [-0.39, 0.29) is 19.1 Å². The number of benzene rings is 1. The summed E-state index contributed by atoms with van der Waals surface area (Å²) in [6.45, 7) is 3.41. The SMILES string of the molecule is CC(=O)N1CCc2cc(C(O)CN(CCO)CCO)ccc21. The number of aliphatic hydroxyl groups excluding tert-OH is 3. The Labute approximate surface area is 130 Å². The molecule has 122 valence electrons. The van der Waals surface area contributed by atoms with Crippen molar-refractivity contribution in [2.45, 2.75) is 19.4 Å². The molecule has 0 radical (unpaired) electrons. The quantitative estimate of drug-likeness (QED) is 0.656. The van der Waals surface area contributed by atoms with Gasteiger partial charge >= 0.3 is 0 Å². The fraction of sp³-hybridized carbons (Fsp3) is 0.562. The van der Waals surface area contributed by atoms with E-state index in [4.69, 9.17) is 10.2 Å². The Bertz CT molecular complexity index is 515. The molecule has 1 aliphatic heterocycles. The molecule has 0 aliphatic carbocycles. The van der Waals surface area contributed by atoms with Gasteiger partial charge in [-0.2, -0.15) is 0 Å². The van der Waals surface area contributed by atoms with Gasteiger partial charge < -0.3 is 20.2 Å². The van der Waals surface area contributed by atoms with Crippen molar-refractivity contribution in [3.8, 4) is 0 Å². The number of carbonyl (C=O) groups is 1. The van der Waals surface area contributed by atoms with Gasteiger partial charge in [0.15, 0.2) is 0 Å². The molecule has 0 aromatic heterocycles. The Morgan fingerprint density at radius 1 is 1.32 bits per heavy atom. The molecule has 6 heteroatoms. The lowest BCUT2D eigenvalue weighted by Crippen LogP contribution is -2.33. The molecule has 1 heterocycles. The maximum atomic E-state index is 11.5. The minimum Gasteiger partial charge on any atom is -0.395 e. The number of anilines is 1. The zero-order valence-electron chi connectivity index (χ0n) is 12.9. The highest BCUT2D eigenvalue weighted by Crippen LogP contribution is 2.30. The van der Waals surface area contributed by atoms with E-state index in [0.29, 0.717) is 26.2 Å². The first-order valence-electron chi connectivity index (χ1n) is 7.60. The van der Waals surface area contributed by atoms with Crippen LogP contribution in [0.1, 0.15) is 24.2 Å².